The Bertz CT molecular complexity index is 829. The minimum atomic E-state index is -0.609. The standard InChI is InChI=1S/C23H34N4O2S/c1-14-19(30-15(2)26-14)17-10-8-16(9-11-17)13-25-21(28)18-7-6-12-27(18)22(29)20(24)23(3,4)5/h8-11,15,18,20,26H,6-7,12-13,24H2,1-5H3,(H,25,28)/t15?,18-,20?/m0/s1. The van der Waals surface area contributed by atoms with Gasteiger partial charge < -0.3 is 21.3 Å². The Balaban J connectivity index is 1.58. The number of hydrogen-bond donors (Lipinski definition) is 3. The third-order valence-electron chi connectivity index (χ3n) is 5.78. The minimum absolute atomic E-state index is 0.103. The third kappa shape index (κ3) is 5.01. The number of rotatable bonds is 5. The maximum Gasteiger partial charge on any atom is 0.243 e. The summed E-state index contributed by atoms with van der Waals surface area (Å²) in [6.45, 7) is 11.1. The fraction of sp³-hybridized carbons (Fsp3) is 0.565. The van der Waals surface area contributed by atoms with Gasteiger partial charge in [-0.1, -0.05) is 56.8 Å². The lowest BCUT2D eigenvalue weighted by Gasteiger charge is -2.32. The van der Waals surface area contributed by atoms with Crippen LogP contribution in [-0.2, 0) is 16.1 Å². The van der Waals surface area contributed by atoms with Gasteiger partial charge in [0, 0.05) is 23.7 Å². The molecule has 6 nitrogen and oxygen atoms in total. The number of thioether (sulfide) groups is 1. The zero-order valence-electron chi connectivity index (χ0n) is 18.6. The van der Waals surface area contributed by atoms with Crippen molar-refractivity contribution in [2.75, 3.05) is 6.54 Å². The number of amides is 2. The maximum absolute atomic E-state index is 12.8. The monoisotopic (exact) mass is 430 g/mol. The molecular weight excluding hydrogens is 396 g/mol. The van der Waals surface area contributed by atoms with E-state index in [1.807, 2.05) is 44.7 Å². The smallest absolute Gasteiger partial charge is 0.243 e. The first-order chi connectivity index (χ1) is 14.1. The summed E-state index contributed by atoms with van der Waals surface area (Å²) >= 11 is 1.83. The highest BCUT2D eigenvalue weighted by molar-refractivity contribution is 8.09. The number of likely N-dealkylation sites (tertiary alicyclic amines) is 1. The summed E-state index contributed by atoms with van der Waals surface area (Å²) in [5.41, 5.74) is 9.25. The van der Waals surface area contributed by atoms with Crippen molar-refractivity contribution in [2.24, 2.45) is 11.1 Å². The molecule has 2 unspecified atom stereocenters. The van der Waals surface area contributed by atoms with Gasteiger partial charge in [-0.3, -0.25) is 9.59 Å². The molecule has 4 N–H and O–H groups in total. The van der Waals surface area contributed by atoms with Crippen molar-refractivity contribution in [3.8, 4) is 0 Å². The van der Waals surface area contributed by atoms with Crippen LogP contribution in [0.3, 0.4) is 0 Å². The molecule has 0 radical (unpaired) electrons. The number of benzene rings is 1. The Morgan fingerprint density at radius 1 is 1.30 bits per heavy atom. The second-order valence-corrected chi connectivity index (χ2v) is 10.7. The molecule has 7 heteroatoms. The number of nitrogens with two attached hydrogens (primary N) is 1. The summed E-state index contributed by atoms with van der Waals surface area (Å²) in [5.74, 6) is -0.237. The summed E-state index contributed by atoms with van der Waals surface area (Å²) in [6, 6.07) is 7.25. The van der Waals surface area contributed by atoms with Gasteiger partial charge in [-0.2, -0.15) is 0 Å². The van der Waals surface area contributed by atoms with Crippen LogP contribution < -0.4 is 16.4 Å². The molecule has 0 aliphatic carbocycles. The molecule has 0 aromatic heterocycles. The van der Waals surface area contributed by atoms with Crippen LogP contribution in [-0.4, -0.2) is 40.7 Å². The van der Waals surface area contributed by atoms with E-state index in [-0.39, 0.29) is 17.2 Å². The van der Waals surface area contributed by atoms with Gasteiger partial charge in [-0.25, -0.2) is 0 Å². The van der Waals surface area contributed by atoms with E-state index in [9.17, 15) is 9.59 Å². The molecule has 2 aliphatic rings. The Morgan fingerprint density at radius 2 is 1.97 bits per heavy atom. The molecule has 0 saturated carbocycles. The van der Waals surface area contributed by atoms with Crippen LogP contribution in [0.15, 0.2) is 30.0 Å². The van der Waals surface area contributed by atoms with Crippen molar-refractivity contribution in [3.63, 3.8) is 0 Å². The molecule has 164 valence electrons. The lowest BCUT2D eigenvalue weighted by Crippen LogP contribution is -2.54. The van der Waals surface area contributed by atoms with E-state index in [4.69, 9.17) is 5.73 Å². The van der Waals surface area contributed by atoms with E-state index in [1.54, 1.807) is 4.90 Å². The van der Waals surface area contributed by atoms with Crippen LogP contribution in [0.4, 0.5) is 0 Å². The molecular formula is C23H34N4O2S. The molecule has 1 fully saturated rings. The Kier molecular flexibility index (Phi) is 6.82. The second-order valence-electron chi connectivity index (χ2n) is 9.31. The molecule has 0 spiro atoms. The highest BCUT2D eigenvalue weighted by Gasteiger charge is 2.39. The van der Waals surface area contributed by atoms with Crippen LogP contribution in [0.2, 0.25) is 0 Å². The van der Waals surface area contributed by atoms with Crippen molar-refractivity contribution in [1.82, 2.24) is 15.5 Å². The van der Waals surface area contributed by atoms with Crippen LogP contribution in [0.1, 0.15) is 58.6 Å². The average molecular weight is 431 g/mol. The van der Waals surface area contributed by atoms with Gasteiger partial charge in [-0.05, 0) is 43.2 Å². The highest BCUT2D eigenvalue weighted by Crippen LogP contribution is 2.37. The first kappa shape index (κ1) is 22.7. The van der Waals surface area contributed by atoms with Crippen molar-refractivity contribution in [3.05, 3.63) is 41.1 Å². The first-order valence-electron chi connectivity index (χ1n) is 10.6. The zero-order chi connectivity index (χ0) is 22.1. The molecule has 1 saturated heterocycles. The minimum Gasteiger partial charge on any atom is -0.376 e. The lowest BCUT2D eigenvalue weighted by molar-refractivity contribution is -0.141. The molecule has 1 aromatic rings. The van der Waals surface area contributed by atoms with E-state index in [1.165, 1.54) is 16.2 Å². The SMILES string of the molecule is CC1=C(c2ccc(CNC(=O)[C@@H]3CCCN3C(=O)C(N)C(C)(C)C)cc2)SC(C)N1. The summed E-state index contributed by atoms with van der Waals surface area (Å²) < 4.78 is 0. The van der Waals surface area contributed by atoms with Crippen LogP contribution in [0, 0.1) is 5.41 Å². The average Bonchev–Trinajstić information content (AvgIpc) is 3.31. The molecule has 3 atom stereocenters. The lowest BCUT2D eigenvalue weighted by atomic mass is 9.86. The Hall–Kier alpha value is -1.99. The number of hydrogen-bond acceptors (Lipinski definition) is 5. The highest BCUT2D eigenvalue weighted by atomic mass is 32.2. The summed E-state index contributed by atoms with van der Waals surface area (Å²) in [7, 11) is 0. The predicted octanol–water partition coefficient (Wildman–Crippen LogP) is 3.04. The summed E-state index contributed by atoms with van der Waals surface area (Å²) in [4.78, 5) is 28.5. The summed E-state index contributed by atoms with van der Waals surface area (Å²) in [6.07, 6.45) is 1.51. The molecule has 2 aliphatic heterocycles. The first-order valence-corrected chi connectivity index (χ1v) is 11.5. The fourth-order valence-electron chi connectivity index (χ4n) is 3.88. The topological polar surface area (TPSA) is 87.5 Å². The number of allylic oxidation sites excluding steroid dienone is 1. The molecule has 3 rings (SSSR count). The van der Waals surface area contributed by atoms with Gasteiger partial charge in [0.05, 0.1) is 11.4 Å². The van der Waals surface area contributed by atoms with E-state index < -0.39 is 12.1 Å². The van der Waals surface area contributed by atoms with E-state index in [2.05, 4.69) is 36.6 Å². The number of carbonyl (C=O) groups excluding carboxylic acids is 2. The number of nitrogens with one attached hydrogen (secondary N) is 2. The van der Waals surface area contributed by atoms with Gasteiger partial charge in [0.15, 0.2) is 0 Å². The van der Waals surface area contributed by atoms with Crippen molar-refractivity contribution >= 4 is 28.5 Å². The fourth-order valence-corrected chi connectivity index (χ4v) is 4.98. The molecule has 2 heterocycles. The Morgan fingerprint density at radius 3 is 2.53 bits per heavy atom. The van der Waals surface area contributed by atoms with E-state index >= 15 is 0 Å². The molecule has 2 amide bonds. The van der Waals surface area contributed by atoms with Crippen molar-refractivity contribution < 1.29 is 9.59 Å². The zero-order valence-corrected chi connectivity index (χ0v) is 19.4. The number of carbonyl (C=O) groups is 2. The van der Waals surface area contributed by atoms with Gasteiger partial charge in [0.2, 0.25) is 11.8 Å². The van der Waals surface area contributed by atoms with E-state index in [0.29, 0.717) is 24.9 Å². The third-order valence-corrected chi connectivity index (χ3v) is 7.02. The van der Waals surface area contributed by atoms with Crippen LogP contribution in [0.5, 0.6) is 0 Å². The quantitative estimate of drug-likeness (QED) is 0.668. The summed E-state index contributed by atoms with van der Waals surface area (Å²) in [5, 5.41) is 6.82. The Labute approximate surface area is 184 Å². The molecule has 0 bridgehead atoms. The van der Waals surface area contributed by atoms with E-state index in [0.717, 1.165) is 12.0 Å². The van der Waals surface area contributed by atoms with Gasteiger partial charge in [0.1, 0.15) is 6.04 Å². The second kappa shape index (κ2) is 9.02. The molecule has 30 heavy (non-hydrogen) atoms. The maximum atomic E-state index is 12.8. The normalized spacial score (nSPS) is 22.8. The molecule has 1 aromatic carbocycles. The largest absolute Gasteiger partial charge is 0.376 e. The van der Waals surface area contributed by atoms with Gasteiger partial charge in [0.25, 0.3) is 0 Å². The van der Waals surface area contributed by atoms with Gasteiger partial charge >= 0.3 is 0 Å². The number of nitrogens with zero attached hydrogens (tertiary/aromatic N) is 1. The van der Waals surface area contributed by atoms with Crippen molar-refractivity contribution in [2.45, 2.75) is 71.5 Å². The van der Waals surface area contributed by atoms with Crippen molar-refractivity contribution in [1.29, 1.82) is 0 Å². The predicted molar refractivity (Wildman–Crippen MR) is 123 cm³/mol. The van der Waals surface area contributed by atoms with Gasteiger partial charge in [-0.15, -0.1) is 0 Å². The van der Waals surface area contributed by atoms with Crippen LogP contribution >= 0.6 is 11.8 Å². The van der Waals surface area contributed by atoms with Crippen LogP contribution in [0.25, 0.3) is 4.91 Å².